The van der Waals surface area contributed by atoms with Crippen LogP contribution in [0.5, 0.6) is 0 Å². The number of fused-ring (bicyclic) bond motifs is 1. The number of pyridine rings is 1. The fraction of sp³-hybridized carbons (Fsp3) is 0.556. The van der Waals surface area contributed by atoms with Crippen molar-refractivity contribution in [2.45, 2.75) is 24.4 Å². The molecule has 2 aliphatic heterocycles. The molecule has 3 aliphatic rings. The van der Waals surface area contributed by atoms with E-state index in [4.69, 9.17) is 10.5 Å². The first-order chi connectivity index (χ1) is 12.9. The number of aromatic nitrogens is 1. The van der Waals surface area contributed by atoms with Crippen LogP contribution >= 0.6 is 0 Å². The first-order valence-electron chi connectivity index (χ1n) is 8.83. The summed E-state index contributed by atoms with van der Waals surface area (Å²) in [6.07, 6.45) is 0.960. The predicted octanol–water partition coefficient (Wildman–Crippen LogP) is 0.737. The van der Waals surface area contributed by atoms with Crippen LogP contribution in [0.4, 0.5) is 14.6 Å². The molecule has 1 aliphatic carbocycles. The van der Waals surface area contributed by atoms with Gasteiger partial charge in [-0.1, -0.05) is 0 Å². The second-order valence-electron chi connectivity index (χ2n) is 7.38. The molecule has 9 heteroatoms. The summed E-state index contributed by atoms with van der Waals surface area (Å²) in [6.45, 7) is 0.901. The lowest BCUT2D eigenvalue weighted by molar-refractivity contribution is -0.131. The van der Waals surface area contributed by atoms with E-state index in [2.05, 4.69) is 15.2 Å². The third-order valence-corrected chi connectivity index (χ3v) is 5.62. The lowest BCUT2D eigenvalue weighted by Gasteiger charge is -2.22. The normalized spacial score (nSPS) is 30.5. The van der Waals surface area contributed by atoms with E-state index in [0.29, 0.717) is 17.4 Å². The molecule has 1 amide bonds. The molecule has 0 radical (unpaired) electrons. The van der Waals surface area contributed by atoms with Crippen molar-refractivity contribution in [1.82, 2.24) is 15.2 Å². The van der Waals surface area contributed by atoms with Gasteiger partial charge in [0.2, 0.25) is 5.91 Å². The standard InChI is InChI=1S/C18H18F2N6O/c19-18(20)3-12(5-22)26(10-18)16(27)7-24-17-13-8-25(9-14(13)17)15-2-1-11(4-21)6-23-15/h1-2,6,12-14,17,24H,3,7-10H2/t12-,13-,14+,17?/m0/s1. The molecule has 3 fully saturated rings. The zero-order chi connectivity index (χ0) is 19.2. The summed E-state index contributed by atoms with van der Waals surface area (Å²) in [7, 11) is 0. The third-order valence-electron chi connectivity index (χ3n) is 5.62. The summed E-state index contributed by atoms with van der Waals surface area (Å²) < 4.78 is 26.9. The molecular formula is C18H18F2N6O. The summed E-state index contributed by atoms with van der Waals surface area (Å²) >= 11 is 0. The Labute approximate surface area is 155 Å². The van der Waals surface area contributed by atoms with Gasteiger partial charge in [-0.2, -0.15) is 10.5 Å². The van der Waals surface area contributed by atoms with E-state index in [1.165, 1.54) is 0 Å². The van der Waals surface area contributed by atoms with Gasteiger partial charge in [-0.25, -0.2) is 13.8 Å². The molecule has 2 saturated heterocycles. The Hall–Kier alpha value is -2.78. The Morgan fingerprint density at radius 2 is 2.07 bits per heavy atom. The molecular weight excluding hydrogens is 354 g/mol. The Morgan fingerprint density at radius 1 is 1.33 bits per heavy atom. The molecule has 4 rings (SSSR count). The SMILES string of the molecule is N#Cc1ccc(N2C[C@@H]3C(NCC(=O)N4CC(F)(F)C[C@H]4C#N)[C@@H]3C2)nc1. The highest BCUT2D eigenvalue weighted by molar-refractivity contribution is 5.79. The van der Waals surface area contributed by atoms with Crippen molar-refractivity contribution >= 4 is 11.7 Å². The van der Waals surface area contributed by atoms with Crippen molar-refractivity contribution < 1.29 is 13.6 Å². The second kappa shape index (κ2) is 6.43. The lowest BCUT2D eigenvalue weighted by Crippen LogP contribution is -2.43. The maximum atomic E-state index is 13.4. The number of amides is 1. The third kappa shape index (κ3) is 3.31. The number of anilines is 1. The Kier molecular flexibility index (Phi) is 4.20. The van der Waals surface area contributed by atoms with Crippen LogP contribution in [0, 0.1) is 34.5 Å². The number of alkyl halides is 2. The van der Waals surface area contributed by atoms with Gasteiger partial charge in [0.05, 0.1) is 24.7 Å². The van der Waals surface area contributed by atoms with Gasteiger partial charge < -0.3 is 15.1 Å². The van der Waals surface area contributed by atoms with E-state index < -0.39 is 30.8 Å². The largest absolute Gasteiger partial charge is 0.356 e. The number of nitriles is 2. The number of nitrogens with one attached hydrogen (secondary N) is 1. The van der Waals surface area contributed by atoms with Crippen molar-refractivity contribution in [1.29, 1.82) is 10.5 Å². The highest BCUT2D eigenvalue weighted by atomic mass is 19.3. The molecule has 7 nitrogen and oxygen atoms in total. The van der Waals surface area contributed by atoms with E-state index in [9.17, 15) is 13.6 Å². The van der Waals surface area contributed by atoms with Crippen LogP contribution in [0.15, 0.2) is 18.3 Å². The number of likely N-dealkylation sites (tertiary alicyclic amines) is 1. The number of hydrogen-bond acceptors (Lipinski definition) is 6. The molecule has 1 N–H and O–H groups in total. The Balaban J connectivity index is 1.26. The number of halogens is 2. The van der Waals surface area contributed by atoms with Gasteiger partial charge in [-0.3, -0.25) is 4.79 Å². The van der Waals surface area contributed by atoms with Gasteiger partial charge >= 0.3 is 0 Å². The van der Waals surface area contributed by atoms with Gasteiger partial charge in [0.1, 0.15) is 17.9 Å². The molecule has 0 spiro atoms. The second-order valence-corrected chi connectivity index (χ2v) is 7.38. The van der Waals surface area contributed by atoms with Crippen molar-refractivity contribution in [3.63, 3.8) is 0 Å². The number of rotatable bonds is 4. The summed E-state index contributed by atoms with van der Waals surface area (Å²) in [5.41, 5.74) is 0.518. The fourth-order valence-corrected chi connectivity index (χ4v) is 4.16. The summed E-state index contributed by atoms with van der Waals surface area (Å²) in [5, 5.41) is 21.0. The maximum absolute atomic E-state index is 13.4. The van der Waals surface area contributed by atoms with Crippen LogP contribution < -0.4 is 10.2 Å². The lowest BCUT2D eigenvalue weighted by atomic mass is 10.2. The highest BCUT2D eigenvalue weighted by Gasteiger charge is 2.56. The van der Waals surface area contributed by atoms with E-state index in [0.717, 1.165) is 23.8 Å². The summed E-state index contributed by atoms with van der Waals surface area (Å²) in [5.74, 6) is -1.83. The van der Waals surface area contributed by atoms with E-state index in [1.54, 1.807) is 18.3 Å². The van der Waals surface area contributed by atoms with Crippen molar-refractivity contribution in [3.05, 3.63) is 23.9 Å². The van der Waals surface area contributed by atoms with Gasteiger partial charge in [0.15, 0.2) is 0 Å². The van der Waals surface area contributed by atoms with Gasteiger partial charge in [-0.05, 0) is 24.0 Å². The highest BCUT2D eigenvalue weighted by Crippen LogP contribution is 2.46. The minimum atomic E-state index is -2.99. The number of carbonyl (C=O) groups excluding carboxylic acids is 1. The van der Waals surface area contributed by atoms with Crippen LogP contribution in [0.3, 0.4) is 0 Å². The minimum absolute atomic E-state index is 0.0267. The molecule has 4 atom stereocenters. The molecule has 3 heterocycles. The van der Waals surface area contributed by atoms with E-state index >= 15 is 0 Å². The molecule has 0 bridgehead atoms. The minimum Gasteiger partial charge on any atom is -0.356 e. The maximum Gasteiger partial charge on any atom is 0.268 e. The van der Waals surface area contributed by atoms with Crippen molar-refractivity contribution in [3.8, 4) is 12.1 Å². The average Bonchev–Trinajstić information content (AvgIpc) is 2.99. The smallest absolute Gasteiger partial charge is 0.268 e. The topological polar surface area (TPSA) is 96.0 Å². The van der Waals surface area contributed by atoms with Crippen LogP contribution in [0.25, 0.3) is 0 Å². The number of piperidine rings is 1. The molecule has 1 saturated carbocycles. The van der Waals surface area contributed by atoms with Crippen LogP contribution in [0.2, 0.25) is 0 Å². The van der Waals surface area contributed by atoms with Gasteiger partial charge in [-0.15, -0.1) is 0 Å². The monoisotopic (exact) mass is 372 g/mol. The van der Waals surface area contributed by atoms with Crippen LogP contribution in [0.1, 0.15) is 12.0 Å². The van der Waals surface area contributed by atoms with Crippen molar-refractivity contribution in [2.24, 2.45) is 11.8 Å². The molecule has 140 valence electrons. The molecule has 1 unspecified atom stereocenters. The summed E-state index contributed by atoms with van der Waals surface area (Å²) in [6, 6.07) is 6.52. The average molecular weight is 372 g/mol. The molecule has 1 aromatic rings. The zero-order valence-corrected chi connectivity index (χ0v) is 14.5. The molecule has 1 aromatic heterocycles. The number of hydrogen-bond donors (Lipinski definition) is 1. The first-order valence-corrected chi connectivity index (χ1v) is 8.83. The fourth-order valence-electron chi connectivity index (χ4n) is 4.16. The Morgan fingerprint density at radius 3 is 2.67 bits per heavy atom. The van der Waals surface area contributed by atoms with Crippen molar-refractivity contribution in [2.75, 3.05) is 31.1 Å². The Bertz CT molecular complexity index is 818. The van der Waals surface area contributed by atoms with Gasteiger partial charge in [0, 0.05) is 31.7 Å². The molecule has 27 heavy (non-hydrogen) atoms. The number of nitrogens with zero attached hydrogens (tertiary/aromatic N) is 5. The molecule has 0 aromatic carbocycles. The first kappa shape index (κ1) is 17.6. The predicted molar refractivity (Wildman–Crippen MR) is 90.6 cm³/mol. The number of carbonyl (C=O) groups is 1. The van der Waals surface area contributed by atoms with Crippen LogP contribution in [-0.4, -0.2) is 60.0 Å². The van der Waals surface area contributed by atoms with E-state index in [1.807, 2.05) is 12.1 Å². The quantitative estimate of drug-likeness (QED) is 0.837. The van der Waals surface area contributed by atoms with Gasteiger partial charge in [0.25, 0.3) is 5.92 Å². The zero-order valence-electron chi connectivity index (χ0n) is 14.5. The summed E-state index contributed by atoms with van der Waals surface area (Å²) in [4.78, 5) is 19.6. The van der Waals surface area contributed by atoms with Crippen LogP contribution in [-0.2, 0) is 4.79 Å². The van der Waals surface area contributed by atoms with E-state index in [-0.39, 0.29) is 12.6 Å².